The van der Waals surface area contributed by atoms with Crippen LogP contribution in [0.3, 0.4) is 0 Å². The fourth-order valence-corrected chi connectivity index (χ4v) is 2.28. The summed E-state index contributed by atoms with van der Waals surface area (Å²) in [5.74, 6) is 0. The number of aromatic nitrogens is 4. The molecule has 0 radical (unpaired) electrons. The van der Waals surface area contributed by atoms with Crippen molar-refractivity contribution in [2.45, 2.75) is 0 Å². The zero-order valence-electron chi connectivity index (χ0n) is 8.57. The van der Waals surface area contributed by atoms with Crippen molar-refractivity contribution in [1.82, 2.24) is 19.8 Å². The minimum absolute atomic E-state index is 0.651. The van der Waals surface area contributed by atoms with Crippen molar-refractivity contribution >= 4 is 28.4 Å². The number of nitrogens with zero attached hydrogens (tertiary/aromatic N) is 4. The summed E-state index contributed by atoms with van der Waals surface area (Å²) in [6, 6.07) is 7.45. The van der Waals surface area contributed by atoms with Gasteiger partial charge in [0.2, 0.25) is 11.4 Å². The van der Waals surface area contributed by atoms with E-state index >= 15 is 0 Å². The van der Waals surface area contributed by atoms with Gasteiger partial charge in [-0.25, -0.2) is 0 Å². The minimum Gasteiger partial charge on any atom is -0.329 e. The second kappa shape index (κ2) is 3.95. The first-order valence-electron chi connectivity index (χ1n) is 4.84. The fourth-order valence-electron chi connectivity index (χ4n) is 1.45. The van der Waals surface area contributed by atoms with E-state index in [1.54, 1.807) is 10.8 Å². The van der Waals surface area contributed by atoms with Crippen LogP contribution in [0.25, 0.3) is 15.5 Å². The smallest absolute Gasteiger partial charge is 0.234 e. The summed E-state index contributed by atoms with van der Waals surface area (Å²) < 4.78 is 1.64. The van der Waals surface area contributed by atoms with Crippen molar-refractivity contribution in [3.05, 3.63) is 30.6 Å². The summed E-state index contributed by atoms with van der Waals surface area (Å²) in [5, 5.41) is 15.5. The first-order valence-corrected chi connectivity index (χ1v) is 5.66. The third-order valence-corrected chi connectivity index (χ3v) is 3.21. The van der Waals surface area contributed by atoms with Crippen LogP contribution >= 0.6 is 11.3 Å². The molecule has 0 bridgehead atoms. The molecule has 1 N–H and O–H groups in total. The van der Waals surface area contributed by atoms with Gasteiger partial charge in [0.25, 0.3) is 0 Å². The van der Waals surface area contributed by atoms with Gasteiger partial charge in [-0.05, 0) is 24.3 Å². The van der Waals surface area contributed by atoms with E-state index in [0.29, 0.717) is 6.41 Å². The molecular formula is C10H7N5OS. The number of nitrogens with one attached hydrogen (secondary N) is 1. The fraction of sp³-hybridized carbons (Fsp3) is 0. The van der Waals surface area contributed by atoms with Gasteiger partial charge in [0.05, 0.1) is 0 Å². The van der Waals surface area contributed by atoms with Gasteiger partial charge < -0.3 is 5.32 Å². The lowest BCUT2D eigenvalue weighted by molar-refractivity contribution is -0.105. The highest BCUT2D eigenvalue weighted by molar-refractivity contribution is 7.19. The summed E-state index contributed by atoms with van der Waals surface area (Å²) in [6.45, 7) is 0. The average Bonchev–Trinajstić information content (AvgIpc) is 2.90. The highest BCUT2D eigenvalue weighted by atomic mass is 32.1. The molecule has 84 valence electrons. The topological polar surface area (TPSA) is 72.2 Å². The number of carbonyl (C=O) groups excluding carboxylic acids is 1. The largest absolute Gasteiger partial charge is 0.329 e. The van der Waals surface area contributed by atoms with E-state index in [1.807, 2.05) is 24.3 Å². The summed E-state index contributed by atoms with van der Waals surface area (Å²) >= 11 is 1.46. The Hall–Kier alpha value is -2.28. The number of fused-ring (bicyclic) bond motifs is 1. The molecule has 0 aliphatic heterocycles. The third kappa shape index (κ3) is 1.76. The predicted octanol–water partition coefficient (Wildman–Crippen LogP) is 1.42. The molecule has 3 aromatic rings. The van der Waals surface area contributed by atoms with Crippen LogP contribution in [0.1, 0.15) is 0 Å². The van der Waals surface area contributed by atoms with Crippen LogP contribution in [0.5, 0.6) is 0 Å². The van der Waals surface area contributed by atoms with Crippen molar-refractivity contribution in [3.63, 3.8) is 0 Å². The molecule has 0 spiro atoms. The molecule has 0 aliphatic rings. The molecule has 0 fully saturated rings. The lowest BCUT2D eigenvalue weighted by atomic mass is 10.2. The van der Waals surface area contributed by atoms with Crippen LogP contribution < -0.4 is 5.32 Å². The van der Waals surface area contributed by atoms with Gasteiger partial charge >= 0.3 is 0 Å². The van der Waals surface area contributed by atoms with Gasteiger partial charge in [0.15, 0.2) is 0 Å². The normalized spacial score (nSPS) is 10.6. The Labute approximate surface area is 99.9 Å². The lowest BCUT2D eigenvalue weighted by Gasteiger charge is -1.99. The van der Waals surface area contributed by atoms with E-state index in [4.69, 9.17) is 0 Å². The summed E-state index contributed by atoms with van der Waals surface area (Å²) in [5.41, 5.74) is 1.74. The summed E-state index contributed by atoms with van der Waals surface area (Å²) in [6.07, 6.45) is 2.22. The maximum atomic E-state index is 10.3. The molecule has 3 rings (SSSR count). The molecule has 0 saturated carbocycles. The molecule has 0 atom stereocenters. The van der Waals surface area contributed by atoms with Crippen molar-refractivity contribution < 1.29 is 4.79 Å². The van der Waals surface area contributed by atoms with Crippen LogP contribution in [0.2, 0.25) is 0 Å². The molecule has 2 aromatic heterocycles. The number of carbonyl (C=O) groups is 1. The first kappa shape index (κ1) is 9.91. The Morgan fingerprint density at radius 2 is 2.12 bits per heavy atom. The van der Waals surface area contributed by atoms with Gasteiger partial charge in [0.1, 0.15) is 11.3 Å². The molecule has 0 unspecified atom stereocenters. The van der Waals surface area contributed by atoms with Crippen molar-refractivity contribution in [1.29, 1.82) is 0 Å². The van der Waals surface area contributed by atoms with E-state index in [9.17, 15) is 4.79 Å². The second-order valence-corrected chi connectivity index (χ2v) is 4.26. The lowest BCUT2D eigenvalue weighted by Crippen LogP contribution is -1.92. The standard InChI is InChI=1S/C10H7N5OS/c16-6-11-8-3-1-7(2-4-8)9-14-15-5-12-13-10(15)17-9/h1-6H,(H,11,16). The Kier molecular flexibility index (Phi) is 2.30. The van der Waals surface area contributed by atoms with Gasteiger partial charge in [-0.15, -0.1) is 10.2 Å². The van der Waals surface area contributed by atoms with Crippen molar-refractivity contribution in [2.24, 2.45) is 0 Å². The van der Waals surface area contributed by atoms with Gasteiger partial charge in [0, 0.05) is 11.3 Å². The molecular weight excluding hydrogens is 238 g/mol. The van der Waals surface area contributed by atoms with E-state index in [-0.39, 0.29) is 0 Å². The van der Waals surface area contributed by atoms with Crippen LogP contribution in [0.4, 0.5) is 5.69 Å². The second-order valence-electron chi connectivity index (χ2n) is 3.30. The van der Waals surface area contributed by atoms with E-state index in [0.717, 1.165) is 21.2 Å². The van der Waals surface area contributed by atoms with E-state index in [1.165, 1.54) is 11.3 Å². The molecule has 0 aliphatic carbocycles. The number of rotatable bonds is 3. The maximum absolute atomic E-state index is 10.3. The number of hydrogen-bond acceptors (Lipinski definition) is 5. The van der Waals surface area contributed by atoms with Gasteiger partial charge in [-0.3, -0.25) is 4.79 Å². The van der Waals surface area contributed by atoms with Crippen LogP contribution in [-0.2, 0) is 4.79 Å². The molecule has 6 nitrogen and oxygen atoms in total. The highest BCUT2D eigenvalue weighted by Gasteiger charge is 2.07. The zero-order valence-corrected chi connectivity index (χ0v) is 9.39. The van der Waals surface area contributed by atoms with Gasteiger partial charge in [-0.2, -0.15) is 9.61 Å². The van der Waals surface area contributed by atoms with E-state index in [2.05, 4.69) is 20.6 Å². The molecule has 0 saturated heterocycles. The third-order valence-electron chi connectivity index (χ3n) is 2.24. The molecule has 1 aromatic carbocycles. The van der Waals surface area contributed by atoms with Crippen LogP contribution in [0, 0.1) is 0 Å². The number of anilines is 1. The zero-order chi connectivity index (χ0) is 11.7. The summed E-state index contributed by atoms with van der Waals surface area (Å²) in [4.78, 5) is 11.0. The van der Waals surface area contributed by atoms with Crippen LogP contribution in [-0.4, -0.2) is 26.2 Å². The highest BCUT2D eigenvalue weighted by Crippen LogP contribution is 2.25. The monoisotopic (exact) mass is 245 g/mol. The predicted molar refractivity (Wildman–Crippen MR) is 63.8 cm³/mol. The number of amides is 1. The Balaban J connectivity index is 1.98. The first-order chi connectivity index (χ1) is 8.36. The van der Waals surface area contributed by atoms with E-state index < -0.39 is 0 Å². The quantitative estimate of drug-likeness (QED) is 0.708. The Morgan fingerprint density at radius 1 is 1.29 bits per heavy atom. The maximum Gasteiger partial charge on any atom is 0.234 e. The Morgan fingerprint density at radius 3 is 2.82 bits per heavy atom. The SMILES string of the molecule is O=CNc1ccc(-c2nn3cnnc3s2)cc1. The van der Waals surface area contributed by atoms with Crippen LogP contribution in [0.15, 0.2) is 30.6 Å². The number of hydrogen-bond donors (Lipinski definition) is 1. The molecule has 1 amide bonds. The molecule has 2 heterocycles. The molecule has 7 heteroatoms. The molecule has 17 heavy (non-hydrogen) atoms. The summed E-state index contributed by atoms with van der Waals surface area (Å²) in [7, 11) is 0. The number of benzene rings is 1. The van der Waals surface area contributed by atoms with Crippen molar-refractivity contribution in [2.75, 3.05) is 5.32 Å². The van der Waals surface area contributed by atoms with Gasteiger partial charge in [-0.1, -0.05) is 11.3 Å². The Bertz CT molecular complexity index is 628. The average molecular weight is 245 g/mol. The minimum atomic E-state index is 0.651. The van der Waals surface area contributed by atoms with Crippen molar-refractivity contribution in [3.8, 4) is 10.6 Å².